The molecular weight excluding hydrogens is 174 g/mol. The number of nitrogens with zero attached hydrogens (tertiary/aromatic N) is 1. The van der Waals surface area contributed by atoms with Crippen LogP contribution in [0, 0.1) is 29.6 Å². The fourth-order valence-electron chi connectivity index (χ4n) is 4.69. The monoisotopic (exact) mass is 189 g/mol. The summed E-state index contributed by atoms with van der Waals surface area (Å²) in [4.78, 5) is 13.9. The van der Waals surface area contributed by atoms with E-state index in [-0.39, 0.29) is 0 Å². The molecule has 1 heterocycles. The van der Waals surface area contributed by atoms with Gasteiger partial charge in [-0.1, -0.05) is 12.2 Å². The Morgan fingerprint density at radius 3 is 2.71 bits per heavy atom. The third kappa shape index (κ3) is 0.598. The SMILES string of the molecule is CN1C(=O)C2CC1C1C3C=CC(C3)C21. The maximum atomic E-state index is 11.9. The van der Waals surface area contributed by atoms with Crippen molar-refractivity contribution in [3.63, 3.8) is 0 Å². The van der Waals surface area contributed by atoms with Crippen molar-refractivity contribution in [1.29, 1.82) is 0 Å². The van der Waals surface area contributed by atoms with Crippen molar-refractivity contribution in [3.05, 3.63) is 12.2 Å². The molecule has 4 rings (SSSR count). The third-order valence-electron chi connectivity index (χ3n) is 5.15. The molecule has 4 aliphatic rings. The highest BCUT2D eigenvalue weighted by atomic mass is 16.2. The Morgan fingerprint density at radius 2 is 1.93 bits per heavy atom. The second-order valence-electron chi connectivity index (χ2n) is 5.46. The van der Waals surface area contributed by atoms with Gasteiger partial charge in [0.05, 0.1) is 0 Å². The number of carbonyl (C=O) groups excluding carboxylic acids is 1. The van der Waals surface area contributed by atoms with Gasteiger partial charge in [0.1, 0.15) is 0 Å². The zero-order valence-corrected chi connectivity index (χ0v) is 8.39. The predicted octanol–water partition coefficient (Wildman–Crippen LogP) is 1.29. The Hall–Kier alpha value is -0.790. The van der Waals surface area contributed by atoms with E-state index in [9.17, 15) is 4.79 Å². The summed E-state index contributed by atoms with van der Waals surface area (Å²) in [5.74, 6) is 3.90. The lowest BCUT2D eigenvalue weighted by Crippen LogP contribution is -2.45. The van der Waals surface area contributed by atoms with Crippen molar-refractivity contribution in [2.75, 3.05) is 7.05 Å². The quantitative estimate of drug-likeness (QED) is 0.415. The van der Waals surface area contributed by atoms with Gasteiger partial charge in [-0.3, -0.25) is 4.79 Å². The molecule has 14 heavy (non-hydrogen) atoms. The highest BCUT2D eigenvalue weighted by Crippen LogP contribution is 2.61. The van der Waals surface area contributed by atoms with Crippen LogP contribution in [0.4, 0.5) is 0 Å². The molecule has 1 amide bonds. The Labute approximate surface area is 84.0 Å². The van der Waals surface area contributed by atoms with Gasteiger partial charge in [0.15, 0.2) is 0 Å². The van der Waals surface area contributed by atoms with Gasteiger partial charge in [0.25, 0.3) is 0 Å². The van der Waals surface area contributed by atoms with Gasteiger partial charge in [-0.05, 0) is 36.5 Å². The van der Waals surface area contributed by atoms with Crippen LogP contribution >= 0.6 is 0 Å². The maximum Gasteiger partial charge on any atom is 0.226 e. The molecule has 0 aromatic rings. The molecule has 0 aromatic heterocycles. The smallest absolute Gasteiger partial charge is 0.226 e. The minimum atomic E-state index is 0.384. The molecular formula is C12H15NO. The van der Waals surface area contributed by atoms with Crippen molar-refractivity contribution in [3.8, 4) is 0 Å². The number of rotatable bonds is 0. The Kier molecular flexibility index (Phi) is 1.11. The summed E-state index contributed by atoms with van der Waals surface area (Å²) in [5.41, 5.74) is 0. The van der Waals surface area contributed by atoms with E-state index in [1.54, 1.807) is 0 Å². The summed E-state index contributed by atoms with van der Waals surface area (Å²) in [6, 6.07) is 0.581. The van der Waals surface area contributed by atoms with E-state index in [2.05, 4.69) is 12.2 Å². The summed E-state index contributed by atoms with van der Waals surface area (Å²) >= 11 is 0. The molecule has 6 unspecified atom stereocenters. The summed E-state index contributed by atoms with van der Waals surface area (Å²) in [6.07, 6.45) is 7.27. The number of piperidine rings is 1. The van der Waals surface area contributed by atoms with Crippen LogP contribution in [-0.4, -0.2) is 23.9 Å². The molecule has 1 aliphatic heterocycles. The van der Waals surface area contributed by atoms with E-state index in [0.717, 1.165) is 30.1 Å². The van der Waals surface area contributed by atoms with Crippen molar-refractivity contribution < 1.29 is 4.79 Å². The molecule has 2 nitrogen and oxygen atoms in total. The van der Waals surface area contributed by atoms with Crippen molar-refractivity contribution in [2.45, 2.75) is 18.9 Å². The first-order chi connectivity index (χ1) is 6.77. The van der Waals surface area contributed by atoms with Crippen LogP contribution in [0.3, 0.4) is 0 Å². The molecule has 3 fully saturated rings. The van der Waals surface area contributed by atoms with Gasteiger partial charge in [0, 0.05) is 19.0 Å². The van der Waals surface area contributed by atoms with Gasteiger partial charge in [-0.25, -0.2) is 0 Å². The van der Waals surface area contributed by atoms with Crippen molar-refractivity contribution in [1.82, 2.24) is 4.90 Å². The van der Waals surface area contributed by atoms with E-state index in [1.165, 1.54) is 6.42 Å². The van der Waals surface area contributed by atoms with E-state index in [0.29, 0.717) is 17.9 Å². The van der Waals surface area contributed by atoms with Crippen LogP contribution in [0.5, 0.6) is 0 Å². The molecule has 0 radical (unpaired) electrons. The lowest BCUT2D eigenvalue weighted by atomic mass is 9.78. The molecule has 3 aliphatic carbocycles. The standard InChI is InChI=1S/C12H15NO/c1-13-9-5-8(12(13)14)10-6-2-3-7(4-6)11(9)10/h2-3,6-11H,4-5H2,1H3. The van der Waals surface area contributed by atoms with E-state index in [1.807, 2.05) is 11.9 Å². The second kappa shape index (κ2) is 2.07. The minimum Gasteiger partial charge on any atom is -0.342 e. The summed E-state index contributed by atoms with van der Waals surface area (Å²) in [6.45, 7) is 0. The van der Waals surface area contributed by atoms with Crippen molar-refractivity contribution >= 4 is 5.91 Å². The van der Waals surface area contributed by atoms with Crippen LogP contribution < -0.4 is 0 Å². The molecule has 2 saturated carbocycles. The Morgan fingerprint density at radius 1 is 1.21 bits per heavy atom. The van der Waals surface area contributed by atoms with E-state index >= 15 is 0 Å². The second-order valence-corrected chi connectivity index (χ2v) is 5.46. The third-order valence-corrected chi connectivity index (χ3v) is 5.15. The van der Waals surface area contributed by atoms with E-state index < -0.39 is 0 Å². The number of allylic oxidation sites excluding steroid dienone is 2. The molecule has 1 saturated heterocycles. The number of hydrogen-bond acceptors (Lipinski definition) is 1. The number of likely N-dealkylation sites (tertiary alicyclic amines) is 1. The average Bonchev–Trinajstić information content (AvgIpc) is 2.87. The van der Waals surface area contributed by atoms with E-state index in [4.69, 9.17) is 0 Å². The van der Waals surface area contributed by atoms with Crippen LogP contribution in [-0.2, 0) is 4.79 Å². The van der Waals surface area contributed by atoms with Crippen molar-refractivity contribution in [2.24, 2.45) is 29.6 Å². The fourth-order valence-corrected chi connectivity index (χ4v) is 4.69. The van der Waals surface area contributed by atoms with Gasteiger partial charge in [-0.15, -0.1) is 0 Å². The maximum absolute atomic E-state index is 11.9. The number of hydrogen-bond donors (Lipinski definition) is 0. The Balaban J connectivity index is 1.81. The molecule has 0 spiro atoms. The van der Waals surface area contributed by atoms with Crippen LogP contribution in [0.25, 0.3) is 0 Å². The highest BCUT2D eigenvalue weighted by molar-refractivity contribution is 5.83. The zero-order valence-electron chi connectivity index (χ0n) is 8.39. The molecule has 0 N–H and O–H groups in total. The molecule has 2 heteroatoms. The Bertz CT molecular complexity index is 348. The minimum absolute atomic E-state index is 0.384. The summed E-state index contributed by atoms with van der Waals surface area (Å²) < 4.78 is 0. The molecule has 74 valence electrons. The molecule has 6 atom stereocenters. The normalized spacial score (nSPS) is 57.5. The van der Waals surface area contributed by atoms with Gasteiger partial charge >= 0.3 is 0 Å². The lowest BCUT2D eigenvalue weighted by molar-refractivity contribution is -0.136. The van der Waals surface area contributed by atoms with Gasteiger partial charge in [-0.2, -0.15) is 0 Å². The zero-order chi connectivity index (χ0) is 9.45. The van der Waals surface area contributed by atoms with Crippen LogP contribution in [0.1, 0.15) is 12.8 Å². The van der Waals surface area contributed by atoms with Gasteiger partial charge < -0.3 is 4.90 Å². The van der Waals surface area contributed by atoms with Crippen LogP contribution in [0.2, 0.25) is 0 Å². The predicted molar refractivity (Wildman–Crippen MR) is 52.4 cm³/mol. The first-order valence-corrected chi connectivity index (χ1v) is 5.72. The lowest BCUT2D eigenvalue weighted by Gasteiger charge is -2.36. The van der Waals surface area contributed by atoms with Gasteiger partial charge in [0.2, 0.25) is 5.91 Å². The number of amides is 1. The number of fused-ring (bicyclic) bond motifs is 9. The highest BCUT2D eigenvalue weighted by Gasteiger charge is 2.63. The topological polar surface area (TPSA) is 20.3 Å². The van der Waals surface area contributed by atoms with Crippen LogP contribution in [0.15, 0.2) is 12.2 Å². The first-order valence-electron chi connectivity index (χ1n) is 5.72. The number of carbonyl (C=O) groups is 1. The first kappa shape index (κ1) is 7.49. The average molecular weight is 189 g/mol. The molecule has 4 bridgehead atoms. The molecule has 0 aromatic carbocycles. The fraction of sp³-hybridized carbons (Fsp3) is 0.750. The largest absolute Gasteiger partial charge is 0.342 e. The summed E-state index contributed by atoms with van der Waals surface area (Å²) in [7, 11) is 2.00. The summed E-state index contributed by atoms with van der Waals surface area (Å²) in [5, 5.41) is 0.